The number of hydrogen-bond donors (Lipinski definition) is 3. The van der Waals surface area contributed by atoms with E-state index in [0.29, 0.717) is 16.3 Å². The third kappa shape index (κ3) is 4.50. The van der Waals surface area contributed by atoms with Crippen LogP contribution in [0, 0.1) is 6.92 Å². The third-order valence-corrected chi connectivity index (χ3v) is 4.76. The zero-order valence-corrected chi connectivity index (χ0v) is 17.7. The van der Waals surface area contributed by atoms with E-state index in [1.165, 1.54) is 18.2 Å². The number of benzene rings is 3. The Kier molecular flexibility index (Phi) is 6.79. The number of rotatable bonds is 4. The third-order valence-electron chi connectivity index (χ3n) is 3.88. The molecule has 28 heavy (non-hydrogen) atoms. The van der Waals surface area contributed by atoms with Gasteiger partial charge in [-0.15, -0.1) is 10.2 Å². The molecule has 0 aliphatic carbocycles. The van der Waals surface area contributed by atoms with Crippen LogP contribution >= 0.6 is 0 Å². The molecule has 0 radical (unpaired) electrons. The SMILES string of the molecule is Cc1ccc(N=Nc2c(O)c(C(=O)O)cc3ccccc23)c(S(=O)(=O)O)c1.[Ca+2]. The van der Waals surface area contributed by atoms with Gasteiger partial charge in [0.15, 0.2) is 5.75 Å². The summed E-state index contributed by atoms with van der Waals surface area (Å²) in [4.78, 5) is 10.9. The van der Waals surface area contributed by atoms with E-state index in [2.05, 4.69) is 10.2 Å². The number of aromatic carboxylic acids is 1. The molecule has 0 spiro atoms. The minimum atomic E-state index is -4.54. The number of hydrogen-bond acceptors (Lipinski definition) is 6. The van der Waals surface area contributed by atoms with Crippen LogP contribution in [0.25, 0.3) is 10.8 Å². The Hall–Kier alpha value is -2.04. The van der Waals surface area contributed by atoms with Gasteiger partial charge in [0.2, 0.25) is 0 Å². The quantitative estimate of drug-likeness (QED) is 0.329. The Balaban J connectivity index is 0.00000280. The first-order chi connectivity index (χ1) is 12.7. The molecular weight excluding hydrogens is 412 g/mol. The van der Waals surface area contributed by atoms with Crippen molar-refractivity contribution in [3.63, 3.8) is 0 Å². The van der Waals surface area contributed by atoms with Crippen molar-refractivity contribution < 1.29 is 28.0 Å². The summed E-state index contributed by atoms with van der Waals surface area (Å²) in [7, 11) is -4.54. The fourth-order valence-electron chi connectivity index (χ4n) is 2.60. The van der Waals surface area contributed by atoms with E-state index in [9.17, 15) is 28.0 Å². The van der Waals surface area contributed by atoms with Crippen molar-refractivity contribution in [1.82, 2.24) is 0 Å². The van der Waals surface area contributed by atoms with E-state index in [1.807, 2.05) is 0 Å². The van der Waals surface area contributed by atoms with Gasteiger partial charge in [0.25, 0.3) is 10.1 Å². The number of aryl methyl sites for hydroxylation is 1. The molecule has 0 fully saturated rings. The molecule has 3 N–H and O–H groups in total. The average Bonchev–Trinajstić information content (AvgIpc) is 2.60. The van der Waals surface area contributed by atoms with Crippen LogP contribution in [0.4, 0.5) is 11.4 Å². The van der Waals surface area contributed by atoms with Crippen LogP contribution < -0.4 is 0 Å². The molecule has 0 aliphatic heterocycles. The number of phenols is 1. The molecule has 0 amide bonds. The topological polar surface area (TPSA) is 137 Å². The number of carboxylic acid groups (broad SMARTS) is 1. The maximum atomic E-state index is 11.6. The first-order valence-electron chi connectivity index (χ1n) is 7.66. The molecule has 0 saturated heterocycles. The van der Waals surface area contributed by atoms with Gasteiger partial charge in [-0.25, -0.2) is 4.79 Å². The first-order valence-corrected chi connectivity index (χ1v) is 9.10. The van der Waals surface area contributed by atoms with E-state index < -0.39 is 26.7 Å². The number of fused-ring (bicyclic) bond motifs is 1. The second kappa shape index (κ2) is 8.54. The van der Waals surface area contributed by atoms with Gasteiger partial charge in [0.05, 0.1) is 0 Å². The van der Waals surface area contributed by atoms with Gasteiger partial charge in [0.1, 0.15) is 21.8 Å². The molecular formula is C18H14CaN2O6S+2. The molecule has 0 aliphatic rings. The van der Waals surface area contributed by atoms with Crippen molar-refractivity contribution in [1.29, 1.82) is 0 Å². The zero-order valence-electron chi connectivity index (χ0n) is 14.7. The minimum Gasteiger partial charge on any atom is -0.505 e. The van der Waals surface area contributed by atoms with Crippen LogP contribution in [-0.2, 0) is 10.1 Å². The second-order valence-electron chi connectivity index (χ2n) is 5.79. The van der Waals surface area contributed by atoms with Gasteiger partial charge < -0.3 is 10.2 Å². The van der Waals surface area contributed by atoms with E-state index in [1.54, 1.807) is 37.3 Å². The molecule has 138 valence electrons. The van der Waals surface area contributed by atoms with Crippen molar-refractivity contribution in [2.45, 2.75) is 11.8 Å². The molecule has 3 aromatic rings. The number of aromatic hydroxyl groups is 1. The van der Waals surface area contributed by atoms with Crippen LogP contribution in [0.1, 0.15) is 15.9 Å². The van der Waals surface area contributed by atoms with E-state index in [0.717, 1.165) is 0 Å². The summed E-state index contributed by atoms with van der Waals surface area (Å²) in [6.45, 7) is 1.64. The summed E-state index contributed by atoms with van der Waals surface area (Å²) in [5.41, 5.74) is -0.0380. The molecule has 0 bridgehead atoms. The molecule has 10 heteroatoms. The van der Waals surface area contributed by atoms with Gasteiger partial charge in [0, 0.05) is 5.39 Å². The van der Waals surface area contributed by atoms with E-state index in [-0.39, 0.29) is 54.7 Å². The minimum absolute atomic E-state index is 0. The summed E-state index contributed by atoms with van der Waals surface area (Å²) < 4.78 is 32.5. The van der Waals surface area contributed by atoms with Gasteiger partial charge in [-0.3, -0.25) is 4.55 Å². The largest absolute Gasteiger partial charge is 2.00 e. The van der Waals surface area contributed by atoms with Crippen molar-refractivity contribution in [3.8, 4) is 5.75 Å². The predicted octanol–water partition coefficient (Wildman–Crippen LogP) is 3.83. The number of carboxylic acids is 1. The van der Waals surface area contributed by atoms with Crippen LogP contribution in [0.3, 0.4) is 0 Å². The fraction of sp³-hybridized carbons (Fsp3) is 0.0556. The standard InChI is InChI=1S/C18H14N2O6S.Ca/c1-10-6-7-14(15(8-10)27(24,25)26)19-20-16-12-5-3-2-4-11(12)9-13(17(16)21)18(22)23;/h2-9,21H,1H3,(H,22,23)(H,24,25,26);/q;+2. The Morgan fingerprint density at radius 2 is 1.71 bits per heavy atom. The van der Waals surface area contributed by atoms with Gasteiger partial charge >= 0.3 is 43.7 Å². The smallest absolute Gasteiger partial charge is 0.505 e. The summed E-state index contributed by atoms with van der Waals surface area (Å²) in [5.74, 6) is -1.94. The predicted molar refractivity (Wildman–Crippen MR) is 103 cm³/mol. The maximum Gasteiger partial charge on any atom is 2.00 e. The first kappa shape index (κ1) is 22.3. The number of nitrogens with zero attached hydrogens (tertiary/aromatic N) is 2. The molecule has 0 aromatic heterocycles. The molecule has 3 rings (SSSR count). The normalized spacial score (nSPS) is 11.5. The molecule has 0 unspecified atom stereocenters. The maximum absolute atomic E-state index is 11.6. The molecule has 0 heterocycles. The van der Waals surface area contributed by atoms with Crippen LogP contribution in [0.2, 0.25) is 0 Å². The summed E-state index contributed by atoms with van der Waals surface area (Å²) >= 11 is 0. The van der Waals surface area contributed by atoms with Gasteiger partial charge in [-0.1, -0.05) is 30.3 Å². The Morgan fingerprint density at radius 3 is 2.36 bits per heavy atom. The zero-order chi connectivity index (χ0) is 19.8. The van der Waals surface area contributed by atoms with Crippen molar-refractivity contribution in [3.05, 3.63) is 59.7 Å². The Morgan fingerprint density at radius 1 is 1.04 bits per heavy atom. The van der Waals surface area contributed by atoms with E-state index >= 15 is 0 Å². The van der Waals surface area contributed by atoms with Gasteiger partial charge in [-0.2, -0.15) is 8.42 Å². The second-order valence-corrected chi connectivity index (χ2v) is 7.18. The monoisotopic (exact) mass is 426 g/mol. The van der Waals surface area contributed by atoms with Crippen molar-refractivity contribution >= 4 is 76.0 Å². The molecule has 8 nitrogen and oxygen atoms in total. The molecule has 3 aromatic carbocycles. The summed E-state index contributed by atoms with van der Waals surface area (Å²) in [6, 6.07) is 12.1. The number of azo groups is 1. The van der Waals surface area contributed by atoms with Crippen LogP contribution in [0.5, 0.6) is 5.75 Å². The molecule has 0 saturated carbocycles. The fourth-order valence-corrected chi connectivity index (χ4v) is 3.30. The van der Waals surface area contributed by atoms with Crippen molar-refractivity contribution in [2.24, 2.45) is 10.2 Å². The summed E-state index contributed by atoms with van der Waals surface area (Å²) in [6.07, 6.45) is 0. The van der Waals surface area contributed by atoms with Gasteiger partial charge in [-0.05, 0) is 36.1 Å². The van der Waals surface area contributed by atoms with E-state index in [4.69, 9.17) is 0 Å². The molecule has 0 atom stereocenters. The summed E-state index contributed by atoms with van der Waals surface area (Å²) in [5, 5.41) is 28.2. The van der Waals surface area contributed by atoms with Crippen LogP contribution in [0.15, 0.2) is 63.7 Å². The van der Waals surface area contributed by atoms with Crippen LogP contribution in [-0.4, -0.2) is 66.9 Å². The number of carbonyl (C=O) groups is 1. The Labute approximate surface area is 190 Å². The van der Waals surface area contributed by atoms with Crippen molar-refractivity contribution in [2.75, 3.05) is 0 Å². The Bertz CT molecular complexity index is 1210. The average molecular weight is 426 g/mol.